The summed E-state index contributed by atoms with van der Waals surface area (Å²) in [6.45, 7) is 9.36. The molecule has 0 spiro atoms. The Balaban J connectivity index is 4.74. The summed E-state index contributed by atoms with van der Waals surface area (Å²) in [5.41, 5.74) is 0. The number of unbranched alkanes of at least 4 members (excludes halogenated alkanes) is 21. The van der Waals surface area contributed by atoms with Crippen LogP contribution in [0.4, 0.5) is 0 Å². The zero-order valence-corrected chi connectivity index (χ0v) is 27.3. The van der Waals surface area contributed by atoms with Crippen molar-refractivity contribution in [2.24, 2.45) is 5.92 Å². The van der Waals surface area contributed by atoms with Crippen LogP contribution in [0.25, 0.3) is 0 Å². The van der Waals surface area contributed by atoms with Crippen molar-refractivity contribution in [2.75, 3.05) is 0 Å². The van der Waals surface area contributed by atoms with Gasteiger partial charge in [-0.2, -0.15) is 0 Å². The largest absolute Gasteiger partial charge is 0.131 e. The van der Waals surface area contributed by atoms with Gasteiger partial charge in [0.2, 0.25) is 0 Å². The zero-order valence-electron chi connectivity index (χ0n) is 26.2. The topological polar surface area (TPSA) is 0 Å². The Morgan fingerprint density at radius 2 is 0.611 bits per heavy atom. The van der Waals surface area contributed by atoms with Crippen LogP contribution in [-0.2, 0) is 0 Å². The highest BCUT2D eigenvalue weighted by molar-refractivity contribution is 7.19. The first-order chi connectivity index (χ1) is 17.6. The Bertz CT molecular complexity index is 389. The lowest BCUT2D eigenvalue weighted by molar-refractivity contribution is 0.269. The Morgan fingerprint density at radius 1 is 0.361 bits per heavy atom. The maximum absolute atomic E-state index is 3.52. The van der Waals surface area contributed by atoms with Crippen LogP contribution >= 0.6 is 9.24 Å². The van der Waals surface area contributed by atoms with Crippen LogP contribution in [0.2, 0.25) is 0 Å². The second-order valence-electron chi connectivity index (χ2n) is 12.4. The van der Waals surface area contributed by atoms with Crippen molar-refractivity contribution < 1.29 is 0 Å². The lowest BCUT2D eigenvalue weighted by Crippen LogP contribution is -2.32. The summed E-state index contributed by atoms with van der Waals surface area (Å²) in [6, 6.07) is 0. The molecule has 2 atom stereocenters. The fraction of sp³-hybridized carbons (Fsp3) is 1.00. The standard InChI is InChI=1S/C35H73P/c1-5-9-13-17-18-19-20-21-23-27-31-34(30-26-22-14-10-6-2)35(36,32-28-24-15-11-7-3)33-29-25-16-12-8-4/h34H,5-33,36H2,1-4H3. The van der Waals surface area contributed by atoms with Gasteiger partial charge in [-0.1, -0.05) is 188 Å². The van der Waals surface area contributed by atoms with Crippen LogP contribution in [0, 0.1) is 5.92 Å². The average molecular weight is 525 g/mol. The van der Waals surface area contributed by atoms with Crippen molar-refractivity contribution in [1.82, 2.24) is 0 Å². The monoisotopic (exact) mass is 525 g/mol. The summed E-state index contributed by atoms with van der Waals surface area (Å²) in [6.07, 6.45) is 42.1. The van der Waals surface area contributed by atoms with E-state index in [9.17, 15) is 0 Å². The third-order valence-electron chi connectivity index (χ3n) is 8.87. The molecule has 0 fully saturated rings. The molecule has 0 radical (unpaired) electrons. The summed E-state index contributed by atoms with van der Waals surface area (Å²) in [5, 5.41) is 0.516. The number of rotatable bonds is 30. The van der Waals surface area contributed by atoms with Crippen LogP contribution in [0.1, 0.15) is 214 Å². The van der Waals surface area contributed by atoms with E-state index in [1.54, 1.807) is 0 Å². The Morgan fingerprint density at radius 3 is 0.917 bits per heavy atom. The molecule has 218 valence electrons. The molecule has 0 aromatic carbocycles. The molecule has 0 N–H and O–H groups in total. The van der Waals surface area contributed by atoms with E-state index in [1.165, 1.54) is 186 Å². The molecule has 0 aliphatic carbocycles. The Kier molecular flexibility index (Phi) is 28.8. The van der Waals surface area contributed by atoms with Crippen molar-refractivity contribution >= 4 is 9.24 Å². The van der Waals surface area contributed by atoms with Crippen LogP contribution in [0.5, 0.6) is 0 Å². The smallest absolute Gasteiger partial charge is 0.0122 e. The van der Waals surface area contributed by atoms with Crippen molar-refractivity contribution in [3.05, 3.63) is 0 Å². The highest BCUT2D eigenvalue weighted by Gasteiger charge is 2.32. The van der Waals surface area contributed by atoms with Gasteiger partial charge in [0.1, 0.15) is 0 Å². The zero-order chi connectivity index (χ0) is 26.6. The molecule has 0 nitrogen and oxygen atoms in total. The van der Waals surface area contributed by atoms with Gasteiger partial charge < -0.3 is 0 Å². The quantitative estimate of drug-likeness (QED) is 0.0647. The molecule has 1 heteroatoms. The lowest BCUT2D eigenvalue weighted by atomic mass is 9.77. The van der Waals surface area contributed by atoms with Gasteiger partial charge in [-0.05, 0) is 36.8 Å². The van der Waals surface area contributed by atoms with Gasteiger partial charge in [-0.15, -0.1) is 9.24 Å². The van der Waals surface area contributed by atoms with E-state index in [0.717, 1.165) is 5.92 Å². The van der Waals surface area contributed by atoms with Crippen LogP contribution in [0.15, 0.2) is 0 Å². The summed E-state index contributed by atoms with van der Waals surface area (Å²) in [5.74, 6) is 0.940. The van der Waals surface area contributed by atoms with Crippen molar-refractivity contribution in [1.29, 1.82) is 0 Å². The van der Waals surface area contributed by atoms with Gasteiger partial charge in [-0.25, -0.2) is 0 Å². The normalized spacial score (nSPS) is 12.9. The highest BCUT2D eigenvalue weighted by atomic mass is 31.0. The highest BCUT2D eigenvalue weighted by Crippen LogP contribution is 2.44. The predicted molar refractivity (Wildman–Crippen MR) is 173 cm³/mol. The Labute approximate surface area is 233 Å². The molecule has 0 aromatic heterocycles. The first-order valence-corrected chi connectivity index (χ1v) is 18.0. The summed E-state index contributed by atoms with van der Waals surface area (Å²) < 4.78 is 0. The molecule has 0 rings (SSSR count). The molecule has 0 saturated carbocycles. The molecule has 0 aromatic rings. The molecule has 2 unspecified atom stereocenters. The van der Waals surface area contributed by atoms with E-state index in [1.807, 2.05) is 0 Å². The molecule has 0 amide bonds. The van der Waals surface area contributed by atoms with Crippen molar-refractivity contribution in [3.8, 4) is 0 Å². The first-order valence-electron chi connectivity index (χ1n) is 17.4. The third-order valence-corrected chi connectivity index (χ3v) is 9.92. The molecule has 0 aliphatic heterocycles. The average Bonchev–Trinajstić information content (AvgIpc) is 2.88. The third kappa shape index (κ3) is 22.4. The molecule has 0 saturated heterocycles. The molecular formula is C35H73P. The summed E-state index contributed by atoms with van der Waals surface area (Å²) in [7, 11) is 3.52. The second kappa shape index (κ2) is 28.4. The fourth-order valence-corrected chi connectivity index (χ4v) is 6.98. The van der Waals surface area contributed by atoms with Crippen molar-refractivity contribution in [2.45, 2.75) is 219 Å². The van der Waals surface area contributed by atoms with Gasteiger partial charge >= 0.3 is 0 Å². The van der Waals surface area contributed by atoms with E-state index < -0.39 is 0 Å². The van der Waals surface area contributed by atoms with E-state index in [-0.39, 0.29) is 0 Å². The van der Waals surface area contributed by atoms with Crippen LogP contribution in [0.3, 0.4) is 0 Å². The van der Waals surface area contributed by atoms with Gasteiger partial charge in [0.25, 0.3) is 0 Å². The van der Waals surface area contributed by atoms with Gasteiger partial charge in [-0.3, -0.25) is 0 Å². The van der Waals surface area contributed by atoms with Gasteiger partial charge in [0.05, 0.1) is 0 Å². The number of hydrogen-bond donors (Lipinski definition) is 0. The Hall–Kier alpha value is 0.430. The predicted octanol–water partition coefficient (Wildman–Crippen LogP) is 13.6. The van der Waals surface area contributed by atoms with E-state index >= 15 is 0 Å². The van der Waals surface area contributed by atoms with E-state index in [4.69, 9.17) is 0 Å². The summed E-state index contributed by atoms with van der Waals surface area (Å²) in [4.78, 5) is 0. The SMILES string of the molecule is CCCCCCCCCCCCC(CCCCCCC)C(P)(CCCCCCC)CCCCCCC. The number of hydrogen-bond acceptors (Lipinski definition) is 0. The molecular weight excluding hydrogens is 451 g/mol. The molecule has 36 heavy (non-hydrogen) atoms. The molecule has 0 aliphatic rings. The minimum atomic E-state index is 0.516. The summed E-state index contributed by atoms with van der Waals surface area (Å²) >= 11 is 0. The van der Waals surface area contributed by atoms with E-state index in [2.05, 4.69) is 36.9 Å². The van der Waals surface area contributed by atoms with E-state index in [0.29, 0.717) is 5.16 Å². The maximum Gasteiger partial charge on any atom is -0.0122 e. The van der Waals surface area contributed by atoms with Crippen LogP contribution < -0.4 is 0 Å². The minimum Gasteiger partial charge on any atom is -0.131 e. The van der Waals surface area contributed by atoms with Crippen molar-refractivity contribution in [3.63, 3.8) is 0 Å². The molecule has 0 heterocycles. The fourth-order valence-electron chi connectivity index (χ4n) is 6.24. The lowest BCUT2D eigenvalue weighted by Gasteiger charge is -2.39. The van der Waals surface area contributed by atoms with Gasteiger partial charge in [0.15, 0.2) is 0 Å². The molecule has 0 bridgehead atoms. The first kappa shape index (κ1) is 36.4. The second-order valence-corrected chi connectivity index (χ2v) is 13.6. The minimum absolute atomic E-state index is 0.516. The maximum atomic E-state index is 3.52. The van der Waals surface area contributed by atoms with Gasteiger partial charge in [0, 0.05) is 0 Å². The van der Waals surface area contributed by atoms with Crippen LogP contribution in [-0.4, -0.2) is 5.16 Å².